The number of ether oxygens (including phenoxy) is 1. The van der Waals surface area contributed by atoms with Crippen LogP contribution in [-0.4, -0.2) is 35.9 Å². The highest BCUT2D eigenvalue weighted by molar-refractivity contribution is 6.31. The molecule has 1 atom stereocenters. The van der Waals surface area contributed by atoms with Gasteiger partial charge in [-0.25, -0.2) is 0 Å². The Kier molecular flexibility index (Phi) is 9.01. The highest BCUT2D eigenvalue weighted by Gasteiger charge is 2.32. The van der Waals surface area contributed by atoms with E-state index in [1.54, 1.807) is 12.0 Å². The van der Waals surface area contributed by atoms with Crippen LogP contribution in [0.15, 0.2) is 78.9 Å². The molecule has 1 aliphatic rings. The summed E-state index contributed by atoms with van der Waals surface area (Å²) in [7, 11) is 1.61. The van der Waals surface area contributed by atoms with Crippen molar-refractivity contribution in [3.63, 3.8) is 0 Å². The van der Waals surface area contributed by atoms with Crippen LogP contribution in [0.25, 0.3) is 0 Å². The molecule has 0 heterocycles. The normalized spacial score (nSPS) is 14.3. The van der Waals surface area contributed by atoms with Crippen LogP contribution < -0.4 is 10.1 Å². The third-order valence-electron chi connectivity index (χ3n) is 6.79. The minimum absolute atomic E-state index is 0.110. The smallest absolute Gasteiger partial charge is 0.243 e. The highest BCUT2D eigenvalue weighted by atomic mass is 35.5. The molecule has 0 aliphatic heterocycles. The Morgan fingerprint density at radius 3 is 2.28 bits per heavy atom. The third-order valence-corrected chi connectivity index (χ3v) is 7.15. The summed E-state index contributed by atoms with van der Waals surface area (Å²) in [4.78, 5) is 29.2. The van der Waals surface area contributed by atoms with Crippen LogP contribution in [0, 0.1) is 0 Å². The number of nitrogens with one attached hydrogen (secondary N) is 1. The Labute approximate surface area is 218 Å². The van der Waals surface area contributed by atoms with Crippen molar-refractivity contribution in [1.29, 1.82) is 0 Å². The van der Waals surface area contributed by atoms with Crippen molar-refractivity contribution >= 4 is 23.4 Å². The van der Waals surface area contributed by atoms with Crippen molar-refractivity contribution in [2.45, 2.75) is 57.2 Å². The SMILES string of the molecule is COc1ccc(CC(=O)N(Cc2ccccc2Cl)[C@H](Cc2ccccc2)C(=O)NC2CCCC2)cc1. The van der Waals surface area contributed by atoms with Crippen LogP contribution in [0.5, 0.6) is 5.75 Å². The van der Waals surface area contributed by atoms with E-state index in [0.717, 1.165) is 48.1 Å². The number of hydrogen-bond donors (Lipinski definition) is 1. The van der Waals surface area contributed by atoms with Gasteiger partial charge in [-0.2, -0.15) is 0 Å². The zero-order chi connectivity index (χ0) is 25.3. The summed E-state index contributed by atoms with van der Waals surface area (Å²) < 4.78 is 5.25. The van der Waals surface area contributed by atoms with Crippen LogP contribution in [0.4, 0.5) is 0 Å². The number of benzene rings is 3. The van der Waals surface area contributed by atoms with Gasteiger partial charge in [0.1, 0.15) is 11.8 Å². The number of carbonyl (C=O) groups is 2. The van der Waals surface area contributed by atoms with Crippen LogP contribution in [-0.2, 0) is 29.0 Å². The van der Waals surface area contributed by atoms with Crippen molar-refractivity contribution in [2.24, 2.45) is 0 Å². The molecule has 36 heavy (non-hydrogen) atoms. The van der Waals surface area contributed by atoms with Crippen LogP contribution in [0.1, 0.15) is 42.4 Å². The molecule has 188 valence electrons. The van der Waals surface area contributed by atoms with Gasteiger partial charge in [-0.1, -0.05) is 85.1 Å². The zero-order valence-electron chi connectivity index (χ0n) is 20.7. The van der Waals surface area contributed by atoms with Gasteiger partial charge in [0.15, 0.2) is 0 Å². The molecule has 4 rings (SSSR count). The molecule has 0 aromatic heterocycles. The standard InChI is InChI=1S/C30H33ClN2O3/c1-36-26-17-15-23(16-18-26)20-29(34)33(21-24-11-5-8-14-27(24)31)28(19-22-9-3-2-4-10-22)30(35)32-25-12-6-7-13-25/h2-5,8-11,14-18,25,28H,6-7,12-13,19-21H2,1H3,(H,32,35)/t28-/m1/s1. The van der Waals surface area contributed by atoms with Crippen LogP contribution in [0.3, 0.4) is 0 Å². The zero-order valence-corrected chi connectivity index (χ0v) is 21.4. The second-order valence-corrected chi connectivity index (χ2v) is 9.74. The van der Waals surface area contributed by atoms with E-state index in [4.69, 9.17) is 16.3 Å². The molecule has 3 aromatic rings. The number of amides is 2. The van der Waals surface area contributed by atoms with E-state index in [2.05, 4.69) is 5.32 Å². The van der Waals surface area contributed by atoms with Gasteiger partial charge in [0.2, 0.25) is 11.8 Å². The van der Waals surface area contributed by atoms with Crippen molar-refractivity contribution < 1.29 is 14.3 Å². The van der Waals surface area contributed by atoms with E-state index in [1.165, 1.54) is 0 Å². The Bertz CT molecular complexity index is 1140. The molecule has 3 aromatic carbocycles. The van der Waals surface area contributed by atoms with E-state index in [9.17, 15) is 9.59 Å². The van der Waals surface area contributed by atoms with E-state index < -0.39 is 6.04 Å². The predicted octanol–water partition coefficient (Wildman–Crippen LogP) is 5.59. The quantitative estimate of drug-likeness (QED) is 0.391. The molecule has 0 radical (unpaired) electrons. The molecule has 1 saturated carbocycles. The number of halogens is 1. The van der Waals surface area contributed by atoms with Crippen molar-refractivity contribution in [3.8, 4) is 5.75 Å². The van der Waals surface area contributed by atoms with E-state index in [-0.39, 0.29) is 30.8 Å². The average molecular weight is 505 g/mol. The predicted molar refractivity (Wildman–Crippen MR) is 143 cm³/mol. The van der Waals surface area contributed by atoms with Gasteiger partial charge in [0, 0.05) is 24.0 Å². The Balaban J connectivity index is 1.65. The molecule has 0 bridgehead atoms. The molecule has 5 nitrogen and oxygen atoms in total. The molecule has 1 aliphatic carbocycles. The average Bonchev–Trinajstić information content (AvgIpc) is 3.41. The molecule has 1 fully saturated rings. The van der Waals surface area contributed by atoms with Crippen LogP contribution >= 0.6 is 11.6 Å². The fraction of sp³-hybridized carbons (Fsp3) is 0.333. The maximum absolute atomic E-state index is 13.8. The lowest BCUT2D eigenvalue weighted by molar-refractivity contribution is -0.141. The van der Waals surface area contributed by atoms with Crippen molar-refractivity contribution in [2.75, 3.05) is 7.11 Å². The first-order valence-electron chi connectivity index (χ1n) is 12.5. The summed E-state index contributed by atoms with van der Waals surface area (Å²) in [6, 6.07) is 24.3. The minimum Gasteiger partial charge on any atom is -0.497 e. The number of rotatable bonds is 10. The second kappa shape index (κ2) is 12.6. The molecular weight excluding hydrogens is 472 g/mol. The van der Waals surface area contributed by atoms with Crippen molar-refractivity contribution in [1.82, 2.24) is 10.2 Å². The Morgan fingerprint density at radius 2 is 1.61 bits per heavy atom. The summed E-state index contributed by atoms with van der Waals surface area (Å²) in [6.45, 7) is 0.254. The first kappa shape index (κ1) is 25.8. The Morgan fingerprint density at radius 1 is 0.944 bits per heavy atom. The van der Waals surface area contributed by atoms with Gasteiger partial charge in [-0.3, -0.25) is 9.59 Å². The summed E-state index contributed by atoms with van der Waals surface area (Å²) in [6.07, 6.45) is 4.80. The molecular formula is C30H33ClN2O3. The van der Waals surface area contributed by atoms with Gasteiger partial charge in [-0.05, 0) is 47.7 Å². The highest BCUT2D eigenvalue weighted by Crippen LogP contribution is 2.23. The van der Waals surface area contributed by atoms with Gasteiger partial charge < -0.3 is 15.0 Å². The number of methoxy groups -OCH3 is 1. The lowest BCUT2D eigenvalue weighted by Crippen LogP contribution is -2.52. The molecule has 2 amide bonds. The first-order chi connectivity index (χ1) is 17.5. The molecule has 0 spiro atoms. The summed E-state index contributed by atoms with van der Waals surface area (Å²) in [5, 5.41) is 3.81. The number of hydrogen-bond acceptors (Lipinski definition) is 3. The summed E-state index contributed by atoms with van der Waals surface area (Å²) in [5.41, 5.74) is 2.68. The topological polar surface area (TPSA) is 58.6 Å². The van der Waals surface area contributed by atoms with Gasteiger partial charge in [0.25, 0.3) is 0 Å². The lowest BCUT2D eigenvalue weighted by Gasteiger charge is -2.32. The largest absolute Gasteiger partial charge is 0.497 e. The maximum Gasteiger partial charge on any atom is 0.243 e. The molecule has 0 saturated heterocycles. The van der Waals surface area contributed by atoms with Gasteiger partial charge in [0.05, 0.1) is 13.5 Å². The van der Waals surface area contributed by atoms with Gasteiger partial charge >= 0.3 is 0 Å². The van der Waals surface area contributed by atoms with E-state index in [1.807, 2.05) is 78.9 Å². The second-order valence-electron chi connectivity index (χ2n) is 9.33. The summed E-state index contributed by atoms with van der Waals surface area (Å²) in [5.74, 6) is 0.500. The Hall–Kier alpha value is -3.31. The molecule has 1 N–H and O–H groups in total. The third kappa shape index (κ3) is 6.88. The van der Waals surface area contributed by atoms with Crippen molar-refractivity contribution in [3.05, 3.63) is 101 Å². The fourth-order valence-corrected chi connectivity index (χ4v) is 4.95. The first-order valence-corrected chi connectivity index (χ1v) is 12.9. The van der Waals surface area contributed by atoms with E-state index in [0.29, 0.717) is 11.4 Å². The molecule has 0 unspecified atom stereocenters. The monoisotopic (exact) mass is 504 g/mol. The minimum atomic E-state index is -0.657. The fourth-order valence-electron chi connectivity index (χ4n) is 4.75. The number of nitrogens with zero attached hydrogens (tertiary/aromatic N) is 1. The lowest BCUT2D eigenvalue weighted by atomic mass is 10.0. The van der Waals surface area contributed by atoms with E-state index >= 15 is 0 Å². The maximum atomic E-state index is 13.8. The molecule has 6 heteroatoms. The summed E-state index contributed by atoms with van der Waals surface area (Å²) >= 11 is 6.50. The van der Waals surface area contributed by atoms with Gasteiger partial charge in [-0.15, -0.1) is 0 Å². The number of carbonyl (C=O) groups excluding carboxylic acids is 2. The van der Waals surface area contributed by atoms with Crippen LogP contribution in [0.2, 0.25) is 5.02 Å².